The third-order valence-electron chi connectivity index (χ3n) is 6.14. The summed E-state index contributed by atoms with van der Waals surface area (Å²) in [5.74, 6) is 0.909. The van der Waals surface area contributed by atoms with Gasteiger partial charge in [-0.3, -0.25) is 0 Å². The third-order valence-corrected chi connectivity index (χ3v) is 7.09. The molecule has 0 spiro atoms. The van der Waals surface area contributed by atoms with Crippen LogP contribution in [-0.2, 0) is 23.0 Å². The largest absolute Gasteiger partial charge is 0.486 e. The zero-order chi connectivity index (χ0) is 27.4. The number of nitrogen functional groups attached to an aromatic ring is 1. The van der Waals surface area contributed by atoms with Crippen LogP contribution in [0.1, 0.15) is 11.3 Å². The highest BCUT2D eigenvalue weighted by atomic mass is 32.2. The fourth-order valence-electron chi connectivity index (χ4n) is 4.14. The molecular formula is C29H27FN4O4S. The van der Waals surface area contributed by atoms with Gasteiger partial charge in [0.25, 0.3) is 0 Å². The Balaban J connectivity index is 1.34. The van der Waals surface area contributed by atoms with E-state index in [1.165, 1.54) is 12.3 Å². The maximum atomic E-state index is 14.8. The van der Waals surface area contributed by atoms with Gasteiger partial charge in [-0.15, -0.1) is 0 Å². The second-order valence-corrected chi connectivity index (χ2v) is 11.4. The predicted octanol–water partition coefficient (Wildman–Crippen LogP) is 4.99. The van der Waals surface area contributed by atoms with Gasteiger partial charge in [-0.1, -0.05) is 36.4 Å². The summed E-state index contributed by atoms with van der Waals surface area (Å²) in [6.45, 7) is 0.951. The molecule has 0 bridgehead atoms. The van der Waals surface area contributed by atoms with E-state index in [1.807, 2.05) is 54.6 Å². The number of hydrogen-bond acceptors (Lipinski definition) is 8. The van der Waals surface area contributed by atoms with Gasteiger partial charge in [0, 0.05) is 29.3 Å². The van der Waals surface area contributed by atoms with Crippen molar-refractivity contribution in [2.24, 2.45) is 0 Å². The van der Waals surface area contributed by atoms with Crippen LogP contribution in [0.4, 0.5) is 10.2 Å². The normalized spacial score (nSPS) is 11.6. The zero-order valence-electron chi connectivity index (χ0n) is 21.2. The molecule has 2 heterocycles. The highest BCUT2D eigenvalue weighted by molar-refractivity contribution is 7.90. The highest BCUT2D eigenvalue weighted by Gasteiger charge is 2.14. The number of hydrogen-bond donors (Lipinski definition) is 2. The van der Waals surface area contributed by atoms with Crippen molar-refractivity contribution in [2.45, 2.75) is 13.2 Å². The summed E-state index contributed by atoms with van der Waals surface area (Å²) < 4.78 is 48.8. The number of nitrogens with one attached hydrogen (secondary N) is 1. The van der Waals surface area contributed by atoms with E-state index in [9.17, 15) is 12.8 Å². The molecule has 8 nitrogen and oxygen atoms in total. The van der Waals surface area contributed by atoms with Gasteiger partial charge in [-0.25, -0.2) is 22.8 Å². The second-order valence-electron chi connectivity index (χ2n) is 9.15. The number of furan rings is 1. The van der Waals surface area contributed by atoms with Crippen molar-refractivity contribution < 1.29 is 22.0 Å². The number of rotatable bonds is 10. The quantitative estimate of drug-likeness (QED) is 0.235. The number of aromatic nitrogens is 2. The molecule has 0 atom stereocenters. The Kier molecular flexibility index (Phi) is 7.58. The maximum Gasteiger partial charge on any atom is 0.165 e. The molecule has 0 aliphatic rings. The summed E-state index contributed by atoms with van der Waals surface area (Å²) in [5.41, 5.74) is 10.0. The fourth-order valence-corrected chi connectivity index (χ4v) is 4.65. The molecule has 0 fully saturated rings. The van der Waals surface area contributed by atoms with Crippen molar-refractivity contribution in [3.63, 3.8) is 0 Å². The summed E-state index contributed by atoms with van der Waals surface area (Å²) in [4.78, 5) is 9.04. The molecule has 5 rings (SSSR count). The minimum atomic E-state index is -3.05. The highest BCUT2D eigenvalue weighted by Crippen LogP contribution is 2.31. The van der Waals surface area contributed by atoms with Crippen molar-refractivity contribution in [3.05, 3.63) is 96.2 Å². The number of nitrogens with zero attached hydrogens (tertiary/aromatic N) is 2. The molecule has 39 heavy (non-hydrogen) atoms. The van der Waals surface area contributed by atoms with Gasteiger partial charge in [-0.05, 0) is 47.5 Å². The zero-order valence-corrected chi connectivity index (χ0v) is 22.0. The Hall–Kier alpha value is -4.28. The number of halogens is 1. The van der Waals surface area contributed by atoms with Crippen LogP contribution in [0, 0.1) is 5.82 Å². The molecule has 0 aliphatic carbocycles. The molecule has 0 saturated heterocycles. The van der Waals surface area contributed by atoms with Crippen LogP contribution in [0.25, 0.3) is 33.4 Å². The lowest BCUT2D eigenvalue weighted by Gasteiger charge is -2.10. The maximum absolute atomic E-state index is 14.8. The lowest BCUT2D eigenvalue weighted by atomic mass is 10.0. The van der Waals surface area contributed by atoms with Crippen LogP contribution in [0.3, 0.4) is 0 Å². The first-order valence-corrected chi connectivity index (χ1v) is 14.3. The molecule has 10 heteroatoms. The monoisotopic (exact) mass is 546 g/mol. The molecule has 3 aromatic carbocycles. The Morgan fingerprint density at radius 1 is 1.00 bits per heavy atom. The van der Waals surface area contributed by atoms with E-state index in [0.29, 0.717) is 41.1 Å². The van der Waals surface area contributed by atoms with Gasteiger partial charge in [-0.2, -0.15) is 0 Å². The Morgan fingerprint density at radius 2 is 1.79 bits per heavy atom. The summed E-state index contributed by atoms with van der Waals surface area (Å²) in [6.07, 6.45) is 2.78. The smallest absolute Gasteiger partial charge is 0.165 e. The molecule has 2 aromatic heterocycles. The number of benzene rings is 3. The van der Waals surface area contributed by atoms with Crippen molar-refractivity contribution in [1.82, 2.24) is 15.3 Å². The molecule has 0 unspecified atom stereocenters. The standard InChI is InChI=1S/C29H27FN4O4S/c1-39(35,36)14-12-32-17-27-22(11-13-37-27)20-7-9-25-23(15-20)28(31)34-29(33-25)21-8-10-26(24(30)16-21)38-18-19-5-3-2-4-6-19/h2-11,13,15-16,32H,12,14,17-18H2,1H3,(H2,31,33,34). The number of anilines is 1. The number of sulfone groups is 1. The summed E-state index contributed by atoms with van der Waals surface area (Å²) >= 11 is 0. The topological polar surface area (TPSA) is 120 Å². The molecule has 0 amide bonds. The molecule has 0 saturated carbocycles. The average molecular weight is 547 g/mol. The van der Waals surface area contributed by atoms with E-state index in [0.717, 1.165) is 16.7 Å². The first-order chi connectivity index (χ1) is 18.8. The Bertz CT molecular complexity index is 1720. The summed E-state index contributed by atoms with van der Waals surface area (Å²) in [6, 6.07) is 21.6. The average Bonchev–Trinajstić information content (AvgIpc) is 3.39. The van der Waals surface area contributed by atoms with Crippen molar-refractivity contribution in [1.29, 1.82) is 0 Å². The van der Waals surface area contributed by atoms with Crippen molar-refractivity contribution in [3.8, 4) is 28.3 Å². The van der Waals surface area contributed by atoms with Crippen LogP contribution < -0.4 is 15.8 Å². The van der Waals surface area contributed by atoms with Crippen molar-refractivity contribution in [2.75, 3.05) is 24.3 Å². The second kappa shape index (κ2) is 11.2. The minimum Gasteiger partial charge on any atom is -0.486 e. The molecular weight excluding hydrogens is 519 g/mol. The molecule has 5 aromatic rings. The number of ether oxygens (including phenoxy) is 1. The molecule has 3 N–H and O–H groups in total. The van der Waals surface area contributed by atoms with Crippen molar-refractivity contribution >= 4 is 26.6 Å². The SMILES string of the molecule is CS(=O)(=O)CCNCc1occc1-c1ccc2nc(-c3ccc(OCc4ccccc4)c(F)c3)nc(N)c2c1. The molecule has 200 valence electrons. The van der Waals surface area contributed by atoms with Gasteiger partial charge >= 0.3 is 0 Å². The van der Waals surface area contributed by atoms with Gasteiger partial charge in [0.15, 0.2) is 17.4 Å². The minimum absolute atomic E-state index is 0.0442. The Morgan fingerprint density at radius 3 is 2.56 bits per heavy atom. The lowest BCUT2D eigenvalue weighted by Crippen LogP contribution is -2.21. The van der Waals surface area contributed by atoms with E-state index in [-0.39, 0.29) is 23.9 Å². The van der Waals surface area contributed by atoms with Crippen LogP contribution in [0.5, 0.6) is 5.75 Å². The van der Waals surface area contributed by atoms with Crippen LogP contribution in [-0.4, -0.2) is 36.9 Å². The van der Waals surface area contributed by atoms with E-state index < -0.39 is 15.7 Å². The predicted molar refractivity (Wildman–Crippen MR) is 149 cm³/mol. The number of fused-ring (bicyclic) bond motifs is 1. The van der Waals surface area contributed by atoms with E-state index in [1.54, 1.807) is 18.4 Å². The van der Waals surface area contributed by atoms with E-state index >= 15 is 0 Å². The van der Waals surface area contributed by atoms with Crippen LogP contribution >= 0.6 is 0 Å². The van der Waals surface area contributed by atoms with E-state index in [2.05, 4.69) is 15.3 Å². The molecule has 0 aliphatic heterocycles. The summed E-state index contributed by atoms with van der Waals surface area (Å²) in [7, 11) is -3.05. The van der Waals surface area contributed by atoms with Crippen LogP contribution in [0.2, 0.25) is 0 Å². The van der Waals surface area contributed by atoms with Gasteiger partial charge < -0.3 is 20.2 Å². The molecule has 0 radical (unpaired) electrons. The van der Waals surface area contributed by atoms with Gasteiger partial charge in [0.1, 0.15) is 28.0 Å². The third kappa shape index (κ3) is 6.42. The van der Waals surface area contributed by atoms with Gasteiger partial charge in [0.05, 0.1) is 24.1 Å². The first-order valence-electron chi connectivity index (χ1n) is 12.3. The lowest BCUT2D eigenvalue weighted by molar-refractivity contribution is 0.290. The summed E-state index contributed by atoms with van der Waals surface area (Å²) in [5, 5.41) is 3.74. The fraction of sp³-hybridized carbons (Fsp3) is 0.172. The van der Waals surface area contributed by atoms with Crippen LogP contribution in [0.15, 0.2) is 83.5 Å². The van der Waals surface area contributed by atoms with Gasteiger partial charge in [0.2, 0.25) is 0 Å². The Labute approximate surface area is 225 Å². The first kappa shape index (κ1) is 26.3. The van der Waals surface area contributed by atoms with E-state index in [4.69, 9.17) is 14.9 Å². The number of nitrogens with two attached hydrogens (primary N) is 1.